The zero-order valence-electron chi connectivity index (χ0n) is 13.9. The molecule has 0 bridgehead atoms. The quantitative estimate of drug-likeness (QED) is 0.678. The predicted octanol–water partition coefficient (Wildman–Crippen LogP) is 3.78. The Morgan fingerprint density at radius 2 is 2.04 bits per heavy atom. The molecule has 2 aromatic carbocycles. The Labute approximate surface area is 149 Å². The molecule has 0 aliphatic rings. The van der Waals surface area contributed by atoms with Crippen LogP contribution in [0.3, 0.4) is 0 Å². The summed E-state index contributed by atoms with van der Waals surface area (Å²) in [6.45, 7) is 2.00. The second kappa shape index (κ2) is 7.85. The van der Waals surface area contributed by atoms with Gasteiger partial charge in [0.15, 0.2) is 0 Å². The second-order valence-electron chi connectivity index (χ2n) is 5.31. The summed E-state index contributed by atoms with van der Waals surface area (Å²) in [6.07, 6.45) is 0. The van der Waals surface area contributed by atoms with E-state index in [4.69, 9.17) is 9.15 Å². The fourth-order valence-corrected chi connectivity index (χ4v) is 2.75. The Morgan fingerprint density at radius 1 is 1.20 bits per heavy atom. The number of carbonyl (C=O) groups is 1. The second-order valence-corrected chi connectivity index (χ2v) is 6.24. The molecule has 0 aliphatic heterocycles. The van der Waals surface area contributed by atoms with Crippen LogP contribution in [0.15, 0.2) is 58.2 Å². The molecule has 0 saturated carbocycles. The highest BCUT2D eigenvalue weighted by Crippen LogP contribution is 2.24. The molecule has 0 unspecified atom stereocenters. The van der Waals surface area contributed by atoms with E-state index in [2.05, 4.69) is 15.5 Å². The van der Waals surface area contributed by atoms with Gasteiger partial charge in [0.25, 0.3) is 5.22 Å². The predicted molar refractivity (Wildman–Crippen MR) is 96.8 cm³/mol. The molecule has 7 heteroatoms. The Balaban J connectivity index is 1.57. The molecule has 0 aliphatic carbocycles. The summed E-state index contributed by atoms with van der Waals surface area (Å²) >= 11 is 1.19. The topological polar surface area (TPSA) is 77.2 Å². The van der Waals surface area contributed by atoms with Crippen LogP contribution in [0, 0.1) is 6.92 Å². The summed E-state index contributed by atoms with van der Waals surface area (Å²) in [6, 6.07) is 15.0. The molecule has 3 rings (SSSR count). The first-order valence-corrected chi connectivity index (χ1v) is 8.60. The SMILES string of the molecule is COc1cccc(NC(=O)CSc2nnc(-c3cccc(C)c3)o2)c1. The van der Waals surface area contributed by atoms with Crippen molar-refractivity contribution < 1.29 is 13.9 Å². The van der Waals surface area contributed by atoms with Crippen molar-refractivity contribution in [3.8, 4) is 17.2 Å². The largest absolute Gasteiger partial charge is 0.497 e. The molecule has 0 saturated heterocycles. The molecule has 1 amide bonds. The van der Waals surface area contributed by atoms with Gasteiger partial charge in [-0.1, -0.05) is 35.5 Å². The van der Waals surface area contributed by atoms with Crippen molar-refractivity contribution in [2.24, 2.45) is 0 Å². The number of rotatable bonds is 6. The minimum Gasteiger partial charge on any atom is -0.497 e. The first kappa shape index (κ1) is 17.0. The standard InChI is InChI=1S/C18H17N3O3S/c1-12-5-3-6-13(9-12)17-20-21-18(24-17)25-11-16(22)19-14-7-4-8-15(10-14)23-2/h3-10H,11H2,1-2H3,(H,19,22). The summed E-state index contributed by atoms with van der Waals surface area (Å²) in [5, 5.41) is 11.2. The van der Waals surface area contributed by atoms with Gasteiger partial charge in [-0.25, -0.2) is 0 Å². The number of ether oxygens (including phenoxy) is 1. The third kappa shape index (κ3) is 4.60. The highest BCUT2D eigenvalue weighted by molar-refractivity contribution is 7.99. The number of amides is 1. The molecule has 0 spiro atoms. The maximum absolute atomic E-state index is 12.0. The van der Waals surface area contributed by atoms with Gasteiger partial charge in [0.05, 0.1) is 12.9 Å². The number of methoxy groups -OCH3 is 1. The van der Waals surface area contributed by atoms with Crippen LogP contribution in [0.4, 0.5) is 5.69 Å². The van der Waals surface area contributed by atoms with E-state index in [0.29, 0.717) is 22.6 Å². The summed E-state index contributed by atoms with van der Waals surface area (Å²) in [5.74, 6) is 1.14. The van der Waals surface area contributed by atoms with E-state index in [1.807, 2.05) is 43.3 Å². The van der Waals surface area contributed by atoms with Crippen LogP contribution < -0.4 is 10.1 Å². The fourth-order valence-electron chi connectivity index (χ4n) is 2.19. The lowest BCUT2D eigenvalue weighted by Crippen LogP contribution is -2.13. The minimum absolute atomic E-state index is 0.159. The molecule has 1 aromatic heterocycles. The van der Waals surface area contributed by atoms with E-state index in [1.54, 1.807) is 19.2 Å². The molecular weight excluding hydrogens is 338 g/mol. The van der Waals surface area contributed by atoms with Crippen molar-refractivity contribution >= 4 is 23.4 Å². The van der Waals surface area contributed by atoms with Crippen LogP contribution in [0.2, 0.25) is 0 Å². The summed E-state index contributed by atoms with van der Waals surface area (Å²) in [4.78, 5) is 12.0. The number of hydrogen-bond acceptors (Lipinski definition) is 6. The Kier molecular flexibility index (Phi) is 5.35. The van der Waals surface area contributed by atoms with E-state index in [0.717, 1.165) is 11.1 Å². The van der Waals surface area contributed by atoms with Crippen LogP contribution in [0.1, 0.15) is 5.56 Å². The van der Waals surface area contributed by atoms with E-state index < -0.39 is 0 Å². The molecule has 1 heterocycles. The molecule has 128 valence electrons. The van der Waals surface area contributed by atoms with Crippen LogP contribution in [0.25, 0.3) is 11.5 Å². The minimum atomic E-state index is -0.159. The van der Waals surface area contributed by atoms with Gasteiger partial charge in [0.2, 0.25) is 11.8 Å². The van der Waals surface area contributed by atoms with E-state index in [9.17, 15) is 4.79 Å². The number of anilines is 1. The van der Waals surface area contributed by atoms with Gasteiger partial charge in [-0.2, -0.15) is 0 Å². The van der Waals surface area contributed by atoms with Gasteiger partial charge in [-0.05, 0) is 31.2 Å². The average molecular weight is 355 g/mol. The molecule has 0 fully saturated rings. The fraction of sp³-hybridized carbons (Fsp3) is 0.167. The Bertz CT molecular complexity index is 879. The van der Waals surface area contributed by atoms with E-state index in [-0.39, 0.29) is 11.7 Å². The Morgan fingerprint density at radius 3 is 2.84 bits per heavy atom. The van der Waals surface area contributed by atoms with Crippen molar-refractivity contribution in [2.45, 2.75) is 12.1 Å². The number of nitrogens with zero attached hydrogens (tertiary/aromatic N) is 2. The van der Waals surface area contributed by atoms with Crippen molar-refractivity contribution in [3.05, 3.63) is 54.1 Å². The van der Waals surface area contributed by atoms with Crippen molar-refractivity contribution in [1.29, 1.82) is 0 Å². The molecule has 0 radical (unpaired) electrons. The molecule has 6 nitrogen and oxygen atoms in total. The molecule has 0 atom stereocenters. The van der Waals surface area contributed by atoms with Crippen LogP contribution in [0.5, 0.6) is 5.75 Å². The third-order valence-corrected chi connectivity index (χ3v) is 4.17. The number of nitrogens with one attached hydrogen (secondary N) is 1. The van der Waals surface area contributed by atoms with Gasteiger partial charge in [-0.3, -0.25) is 4.79 Å². The zero-order chi connectivity index (χ0) is 17.6. The summed E-state index contributed by atoms with van der Waals surface area (Å²) < 4.78 is 10.7. The number of thioether (sulfide) groups is 1. The highest BCUT2D eigenvalue weighted by atomic mass is 32.2. The van der Waals surface area contributed by atoms with Crippen LogP contribution in [-0.2, 0) is 4.79 Å². The lowest BCUT2D eigenvalue weighted by Gasteiger charge is -2.05. The Hall–Kier alpha value is -2.80. The third-order valence-electron chi connectivity index (χ3n) is 3.35. The maximum atomic E-state index is 12.0. The van der Waals surface area contributed by atoms with E-state index in [1.165, 1.54) is 11.8 Å². The number of aryl methyl sites for hydroxylation is 1. The number of hydrogen-bond donors (Lipinski definition) is 1. The molecule has 3 aromatic rings. The zero-order valence-corrected chi connectivity index (χ0v) is 14.7. The van der Waals surface area contributed by atoms with Crippen LogP contribution in [-0.4, -0.2) is 29.0 Å². The first-order chi connectivity index (χ1) is 12.1. The lowest BCUT2D eigenvalue weighted by atomic mass is 10.1. The summed E-state index contributed by atoms with van der Waals surface area (Å²) in [5.41, 5.74) is 2.65. The molecule has 25 heavy (non-hydrogen) atoms. The van der Waals surface area contributed by atoms with E-state index >= 15 is 0 Å². The van der Waals surface area contributed by atoms with Gasteiger partial charge in [0.1, 0.15) is 5.75 Å². The monoisotopic (exact) mass is 355 g/mol. The number of benzene rings is 2. The van der Waals surface area contributed by atoms with Crippen molar-refractivity contribution in [3.63, 3.8) is 0 Å². The van der Waals surface area contributed by atoms with Gasteiger partial charge in [0, 0.05) is 17.3 Å². The maximum Gasteiger partial charge on any atom is 0.277 e. The van der Waals surface area contributed by atoms with Gasteiger partial charge in [-0.15, -0.1) is 10.2 Å². The average Bonchev–Trinajstić information content (AvgIpc) is 3.09. The lowest BCUT2D eigenvalue weighted by molar-refractivity contribution is -0.113. The van der Waals surface area contributed by atoms with Crippen molar-refractivity contribution in [1.82, 2.24) is 10.2 Å². The number of carbonyl (C=O) groups excluding carboxylic acids is 1. The molecular formula is C18H17N3O3S. The normalized spacial score (nSPS) is 10.5. The molecule has 1 N–H and O–H groups in total. The highest BCUT2D eigenvalue weighted by Gasteiger charge is 2.11. The number of aromatic nitrogens is 2. The first-order valence-electron chi connectivity index (χ1n) is 7.61. The summed E-state index contributed by atoms with van der Waals surface area (Å²) in [7, 11) is 1.58. The van der Waals surface area contributed by atoms with Gasteiger partial charge < -0.3 is 14.5 Å². The van der Waals surface area contributed by atoms with Crippen LogP contribution >= 0.6 is 11.8 Å². The smallest absolute Gasteiger partial charge is 0.277 e. The van der Waals surface area contributed by atoms with Crippen molar-refractivity contribution in [2.75, 3.05) is 18.2 Å². The van der Waals surface area contributed by atoms with Gasteiger partial charge >= 0.3 is 0 Å².